The number of nitrogens with zero attached hydrogens (tertiary/aromatic N) is 2. The van der Waals surface area contributed by atoms with E-state index >= 15 is 0 Å². The molecule has 3 aromatic carbocycles. The molecule has 12 heteroatoms. The highest BCUT2D eigenvalue weighted by molar-refractivity contribution is 9.10. The fourth-order valence-corrected chi connectivity index (χ4v) is 6.69. The van der Waals surface area contributed by atoms with Crippen molar-refractivity contribution >= 4 is 60.2 Å². The van der Waals surface area contributed by atoms with Crippen molar-refractivity contribution in [1.82, 2.24) is 14.8 Å². The van der Waals surface area contributed by atoms with Gasteiger partial charge in [0.2, 0.25) is 10.0 Å². The average molecular weight is 725 g/mol. The molecule has 5 rings (SSSR count). The van der Waals surface area contributed by atoms with E-state index in [9.17, 15) is 18.0 Å². The van der Waals surface area contributed by atoms with Crippen LogP contribution in [-0.4, -0.2) is 73.2 Å². The molecule has 1 aliphatic heterocycles. The van der Waals surface area contributed by atoms with E-state index in [-0.39, 0.29) is 17.4 Å². The number of carbonyl (C=O) groups excluding carboxylic acids is 2. The first kappa shape index (κ1) is 34.5. The maximum Gasteiger partial charge on any atom is 0.410 e. The zero-order chi connectivity index (χ0) is 34.1. The molecule has 3 N–H and O–H groups in total. The van der Waals surface area contributed by atoms with Gasteiger partial charge in [-0.2, -0.15) is 0 Å². The number of amides is 2. The maximum atomic E-state index is 13.3. The van der Waals surface area contributed by atoms with Crippen molar-refractivity contribution in [1.29, 1.82) is 0 Å². The molecular weight excluding hydrogens is 682 g/mol. The van der Waals surface area contributed by atoms with E-state index in [0.717, 1.165) is 46.9 Å². The lowest BCUT2D eigenvalue weighted by atomic mass is 9.77. The molecule has 1 saturated heterocycles. The first-order valence-electron chi connectivity index (χ1n) is 15.5. The van der Waals surface area contributed by atoms with Gasteiger partial charge in [-0.3, -0.25) is 14.4 Å². The van der Waals surface area contributed by atoms with Gasteiger partial charge in [0.1, 0.15) is 11.3 Å². The van der Waals surface area contributed by atoms with Crippen LogP contribution in [0.1, 0.15) is 61.8 Å². The van der Waals surface area contributed by atoms with E-state index in [2.05, 4.69) is 80.0 Å². The summed E-state index contributed by atoms with van der Waals surface area (Å²) in [6.45, 7) is 13.6. The highest BCUT2D eigenvalue weighted by atomic mass is 79.9. The van der Waals surface area contributed by atoms with Crippen LogP contribution in [0.3, 0.4) is 0 Å². The summed E-state index contributed by atoms with van der Waals surface area (Å²) >= 11 is 3.64. The second-order valence-corrected chi connectivity index (χ2v) is 16.3. The third kappa shape index (κ3) is 8.94. The number of piperazine rings is 1. The Labute approximate surface area is 285 Å². The number of H-pyrrole nitrogens is 1. The Balaban J connectivity index is 1.27. The van der Waals surface area contributed by atoms with E-state index in [0.29, 0.717) is 35.7 Å². The minimum atomic E-state index is -3.42. The van der Waals surface area contributed by atoms with Gasteiger partial charge in [-0.1, -0.05) is 60.1 Å². The summed E-state index contributed by atoms with van der Waals surface area (Å²) in [4.78, 5) is 33.0. The lowest BCUT2D eigenvalue weighted by Crippen LogP contribution is -2.49. The van der Waals surface area contributed by atoms with Crippen molar-refractivity contribution in [2.24, 2.45) is 0 Å². The molecule has 1 fully saturated rings. The lowest BCUT2D eigenvalue weighted by molar-refractivity contribution is 0.0139. The van der Waals surface area contributed by atoms with Crippen molar-refractivity contribution in [2.45, 2.75) is 52.2 Å². The average Bonchev–Trinajstić information content (AvgIpc) is 3.39. The molecule has 0 atom stereocenters. The summed E-state index contributed by atoms with van der Waals surface area (Å²) in [5.74, 6) is -0.311. The van der Waals surface area contributed by atoms with Crippen LogP contribution in [0.25, 0.3) is 10.9 Å². The Morgan fingerprint density at radius 1 is 0.894 bits per heavy atom. The molecule has 2 heterocycles. The number of benzene rings is 3. The number of aromatic nitrogens is 1. The minimum Gasteiger partial charge on any atom is -0.444 e. The number of fused-ring (bicyclic) bond motifs is 1. The number of aromatic amines is 1. The van der Waals surface area contributed by atoms with Gasteiger partial charge in [-0.05, 0) is 73.9 Å². The number of anilines is 2. The van der Waals surface area contributed by atoms with Crippen molar-refractivity contribution in [3.63, 3.8) is 0 Å². The van der Waals surface area contributed by atoms with E-state index in [4.69, 9.17) is 4.74 Å². The van der Waals surface area contributed by atoms with Gasteiger partial charge in [0.25, 0.3) is 5.91 Å². The molecule has 2 amide bonds. The SMILES string of the molecule is CC(C)(C)OC(=O)N1CCN(Cc2cccc(C(C)(C)c3cc(Br)cc(NC(=O)c4cc5ccc(NS(C)(=O)=O)cc5[nH]4)c3)c2)CC1. The van der Waals surface area contributed by atoms with Gasteiger partial charge >= 0.3 is 6.09 Å². The third-order valence-electron chi connectivity index (χ3n) is 8.13. The maximum absolute atomic E-state index is 13.3. The lowest BCUT2D eigenvalue weighted by Gasteiger charge is -2.35. The molecular formula is C35H42BrN5O5S. The number of ether oxygens (including phenoxy) is 1. The zero-order valence-electron chi connectivity index (χ0n) is 27.6. The Morgan fingerprint density at radius 3 is 2.30 bits per heavy atom. The quantitative estimate of drug-likeness (QED) is 0.181. The molecule has 10 nitrogen and oxygen atoms in total. The number of halogens is 1. The molecule has 0 saturated carbocycles. The third-order valence-corrected chi connectivity index (χ3v) is 9.19. The highest BCUT2D eigenvalue weighted by Crippen LogP contribution is 2.36. The van der Waals surface area contributed by atoms with Crippen LogP contribution in [0.15, 0.2) is 71.2 Å². The minimum absolute atomic E-state index is 0.259. The van der Waals surface area contributed by atoms with Crippen LogP contribution in [0, 0.1) is 0 Å². The molecule has 47 heavy (non-hydrogen) atoms. The highest BCUT2D eigenvalue weighted by Gasteiger charge is 2.27. The Morgan fingerprint density at radius 2 is 1.62 bits per heavy atom. The van der Waals surface area contributed by atoms with Gasteiger partial charge in [0.15, 0.2) is 0 Å². The molecule has 0 radical (unpaired) electrons. The zero-order valence-corrected chi connectivity index (χ0v) is 30.0. The number of hydrogen-bond acceptors (Lipinski definition) is 6. The second-order valence-electron chi connectivity index (χ2n) is 13.6. The topological polar surface area (TPSA) is 124 Å². The molecule has 0 spiro atoms. The van der Waals surface area contributed by atoms with E-state index in [1.165, 1.54) is 5.56 Å². The van der Waals surface area contributed by atoms with Gasteiger partial charge < -0.3 is 19.9 Å². The Kier molecular flexibility index (Phi) is 9.77. The van der Waals surface area contributed by atoms with Crippen LogP contribution in [0.4, 0.5) is 16.2 Å². The summed E-state index contributed by atoms with van der Waals surface area (Å²) in [6.07, 6.45) is 0.832. The molecule has 0 bridgehead atoms. The number of nitrogens with one attached hydrogen (secondary N) is 3. The van der Waals surface area contributed by atoms with Crippen molar-refractivity contribution in [2.75, 3.05) is 42.5 Å². The monoisotopic (exact) mass is 723 g/mol. The molecule has 0 aliphatic carbocycles. The fraction of sp³-hybridized carbons (Fsp3) is 0.371. The van der Waals surface area contributed by atoms with Crippen molar-refractivity contribution < 1.29 is 22.7 Å². The summed E-state index contributed by atoms with van der Waals surface area (Å²) in [5, 5.41) is 3.80. The largest absolute Gasteiger partial charge is 0.444 e. The standard InChI is InChI=1S/C35H42BrN5O5S/c1-34(2,3)46-33(43)41-14-12-40(13-15-41)22-23-8-7-9-25(16-23)35(4,5)26-18-27(36)20-29(19-26)37-32(42)31-17-24-10-11-28(21-30(24)38-31)39-47(6,44)45/h7-11,16-21,38-39H,12-15,22H2,1-6H3,(H,37,42). The molecule has 250 valence electrons. The van der Waals surface area contributed by atoms with Crippen LogP contribution in [-0.2, 0) is 26.7 Å². The summed E-state index contributed by atoms with van der Waals surface area (Å²) in [5.41, 5.74) is 4.54. The summed E-state index contributed by atoms with van der Waals surface area (Å²) in [6, 6.07) is 21.3. The fourth-order valence-electron chi connectivity index (χ4n) is 5.65. The van der Waals surface area contributed by atoms with Gasteiger partial charge in [-0.15, -0.1) is 0 Å². The van der Waals surface area contributed by atoms with E-state index in [1.807, 2.05) is 32.9 Å². The number of carbonyl (C=O) groups is 2. The molecule has 1 aromatic heterocycles. The van der Waals surface area contributed by atoms with Crippen LogP contribution in [0.2, 0.25) is 0 Å². The van der Waals surface area contributed by atoms with Crippen molar-refractivity contribution in [3.05, 3.63) is 93.6 Å². The Bertz CT molecular complexity index is 1910. The summed E-state index contributed by atoms with van der Waals surface area (Å²) < 4.78 is 32.1. The predicted octanol–water partition coefficient (Wildman–Crippen LogP) is 6.93. The van der Waals surface area contributed by atoms with Gasteiger partial charge in [0, 0.05) is 59.2 Å². The molecule has 4 aromatic rings. The predicted molar refractivity (Wildman–Crippen MR) is 191 cm³/mol. The van der Waals surface area contributed by atoms with Crippen LogP contribution in [0.5, 0.6) is 0 Å². The summed E-state index contributed by atoms with van der Waals surface area (Å²) in [7, 11) is -3.42. The van der Waals surface area contributed by atoms with Crippen LogP contribution < -0.4 is 10.0 Å². The number of sulfonamides is 1. The first-order valence-corrected chi connectivity index (χ1v) is 18.2. The molecule has 1 aliphatic rings. The van der Waals surface area contributed by atoms with E-state index in [1.54, 1.807) is 29.2 Å². The van der Waals surface area contributed by atoms with E-state index < -0.39 is 15.6 Å². The number of hydrogen-bond donors (Lipinski definition) is 3. The normalized spacial score (nSPS) is 14.7. The molecule has 0 unspecified atom stereocenters. The van der Waals surface area contributed by atoms with Gasteiger partial charge in [0.05, 0.1) is 11.9 Å². The van der Waals surface area contributed by atoms with Crippen molar-refractivity contribution in [3.8, 4) is 0 Å². The Hall–Kier alpha value is -3.87. The first-order chi connectivity index (χ1) is 21.9. The number of rotatable bonds is 8. The second kappa shape index (κ2) is 13.3. The van der Waals surface area contributed by atoms with Crippen LogP contribution >= 0.6 is 15.9 Å². The smallest absolute Gasteiger partial charge is 0.410 e. The van der Waals surface area contributed by atoms with Gasteiger partial charge in [-0.25, -0.2) is 13.2 Å².